The summed E-state index contributed by atoms with van der Waals surface area (Å²) < 4.78 is 19.9. The Hall–Kier alpha value is -4.47. The van der Waals surface area contributed by atoms with Gasteiger partial charge in [0.05, 0.1) is 17.7 Å². The minimum Gasteiger partial charge on any atom is -0.507 e. The van der Waals surface area contributed by atoms with Crippen LogP contribution in [0.4, 0.5) is 10.1 Å². The summed E-state index contributed by atoms with van der Waals surface area (Å²) in [6.07, 6.45) is 2.08. The van der Waals surface area contributed by atoms with Crippen molar-refractivity contribution in [3.63, 3.8) is 0 Å². The van der Waals surface area contributed by atoms with Gasteiger partial charge in [0.15, 0.2) is 5.43 Å². The summed E-state index contributed by atoms with van der Waals surface area (Å²) in [6.45, 7) is 5.75. The van der Waals surface area contributed by atoms with E-state index in [1.807, 2.05) is 6.07 Å². The van der Waals surface area contributed by atoms with Gasteiger partial charge in [0.25, 0.3) is 5.78 Å². The van der Waals surface area contributed by atoms with Crippen LogP contribution in [0, 0.1) is 5.82 Å². The van der Waals surface area contributed by atoms with E-state index in [0.29, 0.717) is 43.2 Å². The summed E-state index contributed by atoms with van der Waals surface area (Å²) in [6, 6.07) is 11.2. The molecule has 0 spiro atoms. The van der Waals surface area contributed by atoms with E-state index < -0.39 is 22.9 Å². The van der Waals surface area contributed by atoms with Crippen LogP contribution in [0.5, 0.6) is 0 Å². The molecule has 1 aliphatic rings. The van der Waals surface area contributed by atoms with Gasteiger partial charge in [0.1, 0.15) is 11.6 Å². The number of carbonyl (C=O) groups is 3. The SMILES string of the molecule is CCOC(=O)C(=O)/C=C(\O)c1cn(Cc2ccc(F)cc2)c2cc(N3CCN(C(C)=O)CC3)ccc2c1=O. The second kappa shape index (κ2) is 11.3. The number of hydrogen-bond donors (Lipinski definition) is 1. The zero-order chi connectivity index (χ0) is 27.4. The number of ether oxygens (including phenoxy) is 1. The Bertz CT molecular complexity index is 1470. The number of amides is 1. The molecule has 0 bridgehead atoms. The van der Waals surface area contributed by atoms with E-state index in [2.05, 4.69) is 9.64 Å². The van der Waals surface area contributed by atoms with Crippen molar-refractivity contribution >= 4 is 40.0 Å². The van der Waals surface area contributed by atoms with Crippen molar-refractivity contribution in [1.29, 1.82) is 0 Å². The third-order valence-electron chi connectivity index (χ3n) is 6.44. The van der Waals surface area contributed by atoms with Crippen LogP contribution in [0.1, 0.15) is 25.0 Å². The van der Waals surface area contributed by atoms with E-state index in [-0.39, 0.29) is 30.4 Å². The molecular formula is C28H28FN3O6. The van der Waals surface area contributed by atoms with Gasteiger partial charge in [-0.1, -0.05) is 12.1 Å². The summed E-state index contributed by atoms with van der Waals surface area (Å²) in [7, 11) is 0. The molecule has 2 heterocycles. The normalized spacial score (nSPS) is 14.0. The maximum atomic E-state index is 13.5. The van der Waals surface area contributed by atoms with E-state index in [1.165, 1.54) is 18.3 Å². The maximum absolute atomic E-state index is 13.5. The molecule has 1 fully saturated rings. The minimum atomic E-state index is -1.14. The number of nitrogens with zero attached hydrogens (tertiary/aromatic N) is 3. The number of aromatic nitrogens is 1. The zero-order valence-electron chi connectivity index (χ0n) is 21.1. The molecule has 0 unspecified atom stereocenters. The van der Waals surface area contributed by atoms with Crippen molar-refractivity contribution < 1.29 is 28.6 Å². The maximum Gasteiger partial charge on any atom is 0.379 e. The minimum absolute atomic E-state index is 0.00817. The van der Waals surface area contributed by atoms with Crippen molar-refractivity contribution in [2.24, 2.45) is 0 Å². The number of esters is 1. The highest BCUT2D eigenvalue weighted by molar-refractivity contribution is 6.39. The van der Waals surface area contributed by atoms with Crippen LogP contribution in [0.25, 0.3) is 16.7 Å². The fourth-order valence-corrected chi connectivity index (χ4v) is 4.42. The summed E-state index contributed by atoms with van der Waals surface area (Å²) in [5.74, 6) is -3.25. The van der Waals surface area contributed by atoms with E-state index in [9.17, 15) is 28.7 Å². The third-order valence-corrected chi connectivity index (χ3v) is 6.44. The lowest BCUT2D eigenvalue weighted by molar-refractivity contribution is -0.151. The first-order valence-corrected chi connectivity index (χ1v) is 12.2. The molecule has 4 rings (SSSR count). The average Bonchev–Trinajstić information content (AvgIpc) is 2.91. The Morgan fingerprint density at radius 1 is 1.05 bits per heavy atom. The third kappa shape index (κ3) is 5.74. The fraction of sp³-hybridized carbons (Fsp3) is 0.286. The lowest BCUT2D eigenvalue weighted by atomic mass is 10.1. The number of ketones is 1. The van der Waals surface area contributed by atoms with Crippen LogP contribution in [0.3, 0.4) is 0 Å². The topological polar surface area (TPSA) is 109 Å². The molecule has 1 N–H and O–H groups in total. The quantitative estimate of drug-likeness (QED) is 0.220. The van der Waals surface area contributed by atoms with Crippen LogP contribution in [-0.2, 0) is 25.7 Å². The molecular weight excluding hydrogens is 493 g/mol. The van der Waals surface area contributed by atoms with Gasteiger partial charge in [0, 0.05) is 63.0 Å². The molecule has 0 saturated carbocycles. The van der Waals surface area contributed by atoms with Gasteiger partial charge in [-0.25, -0.2) is 9.18 Å². The van der Waals surface area contributed by atoms with Gasteiger partial charge < -0.3 is 24.2 Å². The Kier molecular flexibility index (Phi) is 7.90. The van der Waals surface area contributed by atoms with Crippen LogP contribution in [0.2, 0.25) is 0 Å². The van der Waals surface area contributed by atoms with E-state index in [0.717, 1.165) is 11.3 Å². The molecule has 1 aromatic heterocycles. The van der Waals surface area contributed by atoms with Crippen LogP contribution >= 0.6 is 0 Å². The fourth-order valence-electron chi connectivity index (χ4n) is 4.42. The van der Waals surface area contributed by atoms with Crippen molar-refractivity contribution in [3.8, 4) is 0 Å². The first-order chi connectivity index (χ1) is 18.2. The van der Waals surface area contributed by atoms with Crippen molar-refractivity contribution in [1.82, 2.24) is 9.47 Å². The number of hydrogen-bond acceptors (Lipinski definition) is 7. The molecule has 9 nitrogen and oxygen atoms in total. The Labute approximate surface area is 218 Å². The molecule has 2 aromatic carbocycles. The van der Waals surface area contributed by atoms with Gasteiger partial charge in [-0.3, -0.25) is 14.4 Å². The number of fused-ring (bicyclic) bond motifs is 1. The first kappa shape index (κ1) is 26.6. The largest absolute Gasteiger partial charge is 0.507 e. The predicted molar refractivity (Wildman–Crippen MR) is 140 cm³/mol. The Morgan fingerprint density at radius 3 is 2.37 bits per heavy atom. The van der Waals surface area contributed by atoms with E-state index >= 15 is 0 Å². The Morgan fingerprint density at radius 2 is 1.74 bits per heavy atom. The van der Waals surface area contributed by atoms with Crippen LogP contribution < -0.4 is 10.3 Å². The lowest BCUT2D eigenvalue weighted by Gasteiger charge is -2.35. The number of halogens is 1. The number of rotatable bonds is 7. The smallest absolute Gasteiger partial charge is 0.379 e. The molecule has 0 aliphatic carbocycles. The molecule has 1 aliphatic heterocycles. The van der Waals surface area contributed by atoms with E-state index in [1.54, 1.807) is 47.6 Å². The van der Waals surface area contributed by atoms with Gasteiger partial charge in [-0.05, 0) is 42.8 Å². The number of aliphatic hydroxyl groups excluding tert-OH is 1. The Balaban J connectivity index is 1.78. The van der Waals surface area contributed by atoms with Gasteiger partial charge >= 0.3 is 5.97 Å². The summed E-state index contributed by atoms with van der Waals surface area (Å²) in [5.41, 5.74) is 1.49. The highest BCUT2D eigenvalue weighted by Gasteiger charge is 2.21. The monoisotopic (exact) mass is 521 g/mol. The zero-order valence-corrected chi connectivity index (χ0v) is 21.1. The number of benzene rings is 2. The molecule has 1 saturated heterocycles. The highest BCUT2D eigenvalue weighted by Crippen LogP contribution is 2.24. The molecule has 0 atom stereocenters. The summed E-state index contributed by atoms with van der Waals surface area (Å²) in [4.78, 5) is 52.8. The predicted octanol–water partition coefficient (Wildman–Crippen LogP) is 2.89. The number of aliphatic hydroxyl groups is 1. The highest BCUT2D eigenvalue weighted by atomic mass is 19.1. The van der Waals surface area contributed by atoms with Crippen molar-refractivity contribution in [2.75, 3.05) is 37.7 Å². The standard InChI is InChI=1S/C28H28FN3O6/c1-3-38-28(37)26(35)15-25(34)23-17-32(16-19-4-6-20(29)7-5-19)24-14-21(8-9-22(24)27(23)36)31-12-10-30(11-13-31)18(2)33/h4-9,14-15,17,34H,3,10-13,16H2,1-2H3/b25-15-. The van der Waals surface area contributed by atoms with Crippen LogP contribution in [0.15, 0.2) is 59.5 Å². The molecule has 1 amide bonds. The molecule has 3 aromatic rings. The first-order valence-electron chi connectivity index (χ1n) is 12.2. The lowest BCUT2D eigenvalue weighted by Crippen LogP contribution is -2.48. The number of carbonyl (C=O) groups excluding carboxylic acids is 3. The average molecular weight is 522 g/mol. The molecule has 10 heteroatoms. The number of pyridine rings is 1. The van der Waals surface area contributed by atoms with Gasteiger partial charge in [0.2, 0.25) is 5.91 Å². The van der Waals surface area contributed by atoms with Crippen LogP contribution in [-0.4, -0.2) is 65.0 Å². The number of piperazine rings is 1. The van der Waals surface area contributed by atoms with Crippen molar-refractivity contribution in [2.45, 2.75) is 20.4 Å². The van der Waals surface area contributed by atoms with Gasteiger partial charge in [-0.15, -0.1) is 0 Å². The second-order valence-electron chi connectivity index (χ2n) is 8.94. The summed E-state index contributed by atoms with van der Waals surface area (Å²) >= 11 is 0. The van der Waals surface area contributed by atoms with Crippen molar-refractivity contribution in [3.05, 3.63) is 81.9 Å². The summed E-state index contributed by atoms with van der Waals surface area (Å²) in [5, 5.41) is 10.9. The molecule has 38 heavy (non-hydrogen) atoms. The second-order valence-corrected chi connectivity index (χ2v) is 8.94. The number of anilines is 1. The van der Waals surface area contributed by atoms with Gasteiger partial charge in [-0.2, -0.15) is 0 Å². The molecule has 0 radical (unpaired) electrons. The van der Waals surface area contributed by atoms with E-state index in [4.69, 9.17) is 0 Å². The molecule has 198 valence electrons.